The van der Waals surface area contributed by atoms with E-state index in [4.69, 9.17) is 4.42 Å². The molecule has 0 saturated carbocycles. The standard InChI is InChI=1S/C15H13NOS/c1-2-5-12(6-3-1)15(14-7-4-9-17-14)16-13-8-10-18-11-13/h1-11,15-16H. The SMILES string of the molecule is c1ccc(C(Nc2ccsc2)c2ccco2)cc1. The van der Waals surface area contributed by atoms with Gasteiger partial charge in [-0.2, -0.15) is 11.3 Å². The van der Waals surface area contributed by atoms with E-state index < -0.39 is 0 Å². The number of rotatable bonds is 4. The zero-order chi connectivity index (χ0) is 12.2. The summed E-state index contributed by atoms with van der Waals surface area (Å²) in [5.74, 6) is 0.924. The minimum Gasteiger partial charge on any atom is -0.467 e. The van der Waals surface area contributed by atoms with Gasteiger partial charge in [0.05, 0.1) is 6.26 Å². The molecule has 0 bridgehead atoms. The van der Waals surface area contributed by atoms with Crippen molar-refractivity contribution in [1.29, 1.82) is 0 Å². The average molecular weight is 255 g/mol. The minimum absolute atomic E-state index is 0.0517. The van der Waals surface area contributed by atoms with Crippen LogP contribution in [0, 0.1) is 0 Å². The first-order valence-electron chi connectivity index (χ1n) is 5.80. The first-order chi connectivity index (χ1) is 8.93. The lowest BCUT2D eigenvalue weighted by Crippen LogP contribution is -2.10. The second kappa shape index (κ2) is 5.10. The summed E-state index contributed by atoms with van der Waals surface area (Å²) >= 11 is 1.68. The molecule has 0 amide bonds. The number of furan rings is 1. The van der Waals surface area contributed by atoms with Gasteiger partial charge >= 0.3 is 0 Å². The lowest BCUT2D eigenvalue weighted by molar-refractivity contribution is 0.499. The van der Waals surface area contributed by atoms with Gasteiger partial charge < -0.3 is 9.73 Å². The number of anilines is 1. The molecule has 0 aliphatic carbocycles. The van der Waals surface area contributed by atoms with Crippen LogP contribution in [0.3, 0.4) is 0 Å². The van der Waals surface area contributed by atoms with Crippen LogP contribution in [0.1, 0.15) is 17.4 Å². The number of benzene rings is 1. The fourth-order valence-corrected chi connectivity index (χ4v) is 2.53. The summed E-state index contributed by atoms with van der Waals surface area (Å²) in [6.07, 6.45) is 1.71. The van der Waals surface area contributed by atoms with Crippen LogP contribution in [0.4, 0.5) is 5.69 Å². The molecule has 1 aromatic carbocycles. The molecule has 0 fully saturated rings. The zero-order valence-corrected chi connectivity index (χ0v) is 10.6. The van der Waals surface area contributed by atoms with Gasteiger partial charge in [-0.15, -0.1) is 0 Å². The summed E-state index contributed by atoms with van der Waals surface area (Å²) in [5, 5.41) is 7.65. The average Bonchev–Trinajstić information content (AvgIpc) is 3.10. The highest BCUT2D eigenvalue weighted by Gasteiger charge is 2.16. The fraction of sp³-hybridized carbons (Fsp3) is 0.0667. The van der Waals surface area contributed by atoms with Gasteiger partial charge in [-0.1, -0.05) is 30.3 Å². The van der Waals surface area contributed by atoms with Crippen LogP contribution in [-0.2, 0) is 0 Å². The summed E-state index contributed by atoms with van der Waals surface area (Å²) < 4.78 is 5.54. The molecule has 3 heteroatoms. The van der Waals surface area contributed by atoms with Crippen molar-refractivity contribution in [1.82, 2.24) is 0 Å². The zero-order valence-electron chi connectivity index (χ0n) is 9.74. The quantitative estimate of drug-likeness (QED) is 0.740. The molecule has 1 unspecified atom stereocenters. The Morgan fingerprint density at radius 2 is 1.89 bits per heavy atom. The normalized spacial score (nSPS) is 12.2. The summed E-state index contributed by atoms with van der Waals surface area (Å²) in [7, 11) is 0. The molecule has 3 rings (SSSR count). The highest BCUT2D eigenvalue weighted by molar-refractivity contribution is 7.08. The van der Waals surface area contributed by atoms with Crippen LogP contribution in [0.15, 0.2) is 70.0 Å². The van der Waals surface area contributed by atoms with Crippen molar-refractivity contribution >= 4 is 17.0 Å². The third kappa shape index (κ3) is 2.31. The van der Waals surface area contributed by atoms with Gasteiger partial charge in [-0.3, -0.25) is 0 Å². The predicted octanol–water partition coefficient (Wildman–Crippen LogP) is 4.54. The Kier molecular flexibility index (Phi) is 3.15. The number of hydrogen-bond donors (Lipinski definition) is 1. The monoisotopic (exact) mass is 255 g/mol. The molecular weight excluding hydrogens is 242 g/mol. The molecule has 1 atom stereocenters. The summed E-state index contributed by atoms with van der Waals surface area (Å²) in [6.45, 7) is 0. The van der Waals surface area contributed by atoms with Crippen LogP contribution in [0.5, 0.6) is 0 Å². The molecule has 1 N–H and O–H groups in total. The molecule has 0 aliphatic heterocycles. The van der Waals surface area contributed by atoms with E-state index in [9.17, 15) is 0 Å². The van der Waals surface area contributed by atoms with Crippen molar-refractivity contribution < 1.29 is 4.42 Å². The van der Waals surface area contributed by atoms with E-state index in [1.165, 1.54) is 5.56 Å². The lowest BCUT2D eigenvalue weighted by atomic mass is 10.0. The van der Waals surface area contributed by atoms with Crippen molar-refractivity contribution in [3.05, 3.63) is 76.9 Å². The smallest absolute Gasteiger partial charge is 0.130 e. The Morgan fingerprint density at radius 3 is 2.56 bits per heavy atom. The third-order valence-corrected chi connectivity index (χ3v) is 3.48. The maximum atomic E-state index is 5.54. The van der Waals surface area contributed by atoms with Crippen molar-refractivity contribution in [3.63, 3.8) is 0 Å². The van der Waals surface area contributed by atoms with E-state index in [-0.39, 0.29) is 6.04 Å². The van der Waals surface area contributed by atoms with E-state index >= 15 is 0 Å². The van der Waals surface area contributed by atoms with Gasteiger partial charge in [0.1, 0.15) is 11.8 Å². The topological polar surface area (TPSA) is 25.2 Å². The number of thiophene rings is 1. The van der Waals surface area contributed by atoms with Gasteiger partial charge in [-0.25, -0.2) is 0 Å². The molecule has 0 radical (unpaired) electrons. The molecule has 2 nitrogen and oxygen atoms in total. The maximum absolute atomic E-state index is 5.54. The number of hydrogen-bond acceptors (Lipinski definition) is 3. The first kappa shape index (κ1) is 11.1. The third-order valence-electron chi connectivity index (χ3n) is 2.79. The van der Waals surface area contributed by atoms with Crippen molar-refractivity contribution in [2.45, 2.75) is 6.04 Å². The van der Waals surface area contributed by atoms with Gasteiger partial charge in [0.25, 0.3) is 0 Å². The number of nitrogens with one attached hydrogen (secondary N) is 1. The molecule has 0 aliphatic rings. The van der Waals surface area contributed by atoms with Gasteiger partial charge in [-0.05, 0) is 29.1 Å². The first-order valence-corrected chi connectivity index (χ1v) is 6.75. The van der Waals surface area contributed by atoms with Crippen molar-refractivity contribution in [3.8, 4) is 0 Å². The highest BCUT2D eigenvalue weighted by atomic mass is 32.1. The molecule has 0 spiro atoms. The Labute approximate surface area is 110 Å². The fourth-order valence-electron chi connectivity index (χ4n) is 1.93. The van der Waals surface area contributed by atoms with Gasteiger partial charge in [0.15, 0.2) is 0 Å². The van der Waals surface area contributed by atoms with Gasteiger partial charge in [0.2, 0.25) is 0 Å². The van der Waals surface area contributed by atoms with Crippen molar-refractivity contribution in [2.75, 3.05) is 5.32 Å². The van der Waals surface area contributed by atoms with E-state index in [0.717, 1.165) is 11.4 Å². The van der Waals surface area contributed by atoms with Crippen LogP contribution in [0.25, 0.3) is 0 Å². The highest BCUT2D eigenvalue weighted by Crippen LogP contribution is 2.27. The molecule has 0 saturated heterocycles. The molecule has 18 heavy (non-hydrogen) atoms. The largest absolute Gasteiger partial charge is 0.467 e. The van der Waals surface area contributed by atoms with Crippen LogP contribution in [0.2, 0.25) is 0 Å². The minimum atomic E-state index is 0.0517. The Hall–Kier alpha value is -2.00. The summed E-state index contributed by atoms with van der Waals surface area (Å²) in [6, 6.07) is 16.4. The van der Waals surface area contributed by atoms with Crippen LogP contribution >= 0.6 is 11.3 Å². The van der Waals surface area contributed by atoms with E-state index in [1.54, 1.807) is 17.6 Å². The molecular formula is C15H13NOS. The van der Waals surface area contributed by atoms with Crippen molar-refractivity contribution in [2.24, 2.45) is 0 Å². The second-order valence-electron chi connectivity index (χ2n) is 4.02. The molecule has 90 valence electrons. The lowest BCUT2D eigenvalue weighted by Gasteiger charge is -2.17. The second-order valence-corrected chi connectivity index (χ2v) is 4.80. The predicted molar refractivity (Wildman–Crippen MR) is 74.9 cm³/mol. The molecule has 2 aromatic heterocycles. The maximum Gasteiger partial charge on any atom is 0.130 e. The molecule has 2 heterocycles. The van der Waals surface area contributed by atoms with E-state index in [2.05, 4.69) is 34.3 Å². The Morgan fingerprint density at radius 1 is 1.00 bits per heavy atom. The van der Waals surface area contributed by atoms with E-state index in [0.29, 0.717) is 0 Å². The Bertz CT molecular complexity index is 572. The van der Waals surface area contributed by atoms with Crippen LogP contribution in [-0.4, -0.2) is 0 Å². The Balaban J connectivity index is 1.94. The summed E-state index contributed by atoms with van der Waals surface area (Å²) in [5.41, 5.74) is 2.31. The summed E-state index contributed by atoms with van der Waals surface area (Å²) in [4.78, 5) is 0. The van der Waals surface area contributed by atoms with Crippen LogP contribution < -0.4 is 5.32 Å². The molecule has 3 aromatic rings. The van der Waals surface area contributed by atoms with E-state index in [1.807, 2.05) is 30.3 Å². The van der Waals surface area contributed by atoms with Gasteiger partial charge in [0, 0.05) is 11.1 Å².